The van der Waals surface area contributed by atoms with Crippen molar-refractivity contribution in [3.05, 3.63) is 83.7 Å². The van der Waals surface area contributed by atoms with Gasteiger partial charge in [-0.3, -0.25) is 13.9 Å². The number of carbonyl (C=O) groups excluding carboxylic acids is 2. The van der Waals surface area contributed by atoms with Crippen LogP contribution in [0.25, 0.3) is 0 Å². The second-order valence-corrected chi connectivity index (χ2v) is 12.8. The maximum absolute atomic E-state index is 14.2. The molecule has 0 aromatic heterocycles. The van der Waals surface area contributed by atoms with Gasteiger partial charge < -0.3 is 19.7 Å². The number of benzene rings is 3. The Kier molecular flexibility index (Phi) is 10.9. The van der Waals surface area contributed by atoms with E-state index >= 15 is 0 Å². The van der Waals surface area contributed by atoms with Crippen molar-refractivity contribution >= 4 is 27.5 Å². The van der Waals surface area contributed by atoms with Crippen molar-refractivity contribution in [3.63, 3.8) is 0 Å². The number of sulfonamides is 1. The average molecular weight is 626 g/mol. The maximum Gasteiger partial charge on any atom is 0.264 e. The zero-order valence-electron chi connectivity index (χ0n) is 25.6. The second-order valence-electron chi connectivity index (χ2n) is 10.9. The van der Waals surface area contributed by atoms with Crippen LogP contribution in [-0.4, -0.2) is 58.0 Å². The van der Waals surface area contributed by atoms with Gasteiger partial charge in [-0.15, -0.1) is 0 Å². The van der Waals surface area contributed by atoms with Gasteiger partial charge in [-0.1, -0.05) is 49.6 Å². The van der Waals surface area contributed by atoms with Crippen LogP contribution in [0.1, 0.15) is 50.2 Å². The first-order chi connectivity index (χ1) is 21.1. The fourth-order valence-corrected chi connectivity index (χ4v) is 6.85. The van der Waals surface area contributed by atoms with Crippen LogP contribution in [0.15, 0.2) is 71.6 Å². The number of hydrogen-bond acceptors (Lipinski definition) is 6. The Labute approximate surface area is 259 Å². The Morgan fingerprint density at radius 1 is 0.955 bits per heavy atom. The third-order valence-corrected chi connectivity index (χ3v) is 9.67. The SMILES string of the molecule is CC[C@@H](C(=O)NC1CCCC1)N(Cc1ccc(C)cc1)C(=O)CN(c1ccc(F)cc1)S(=O)(=O)c1ccc(OC)c(OC)c1. The van der Waals surface area contributed by atoms with Gasteiger partial charge in [-0.2, -0.15) is 0 Å². The van der Waals surface area contributed by atoms with Crippen LogP contribution >= 0.6 is 0 Å². The molecule has 3 aromatic carbocycles. The monoisotopic (exact) mass is 625 g/mol. The lowest BCUT2D eigenvalue weighted by atomic mass is 10.1. The number of methoxy groups -OCH3 is 2. The summed E-state index contributed by atoms with van der Waals surface area (Å²) < 4.78 is 53.7. The highest BCUT2D eigenvalue weighted by atomic mass is 32.2. The molecule has 1 N–H and O–H groups in total. The van der Waals surface area contributed by atoms with E-state index in [9.17, 15) is 22.4 Å². The molecule has 11 heteroatoms. The fraction of sp³-hybridized carbons (Fsp3) is 0.394. The summed E-state index contributed by atoms with van der Waals surface area (Å²) in [6.45, 7) is 3.26. The molecule has 0 aliphatic heterocycles. The number of halogens is 1. The molecule has 4 rings (SSSR count). The molecule has 0 unspecified atom stereocenters. The van der Waals surface area contributed by atoms with Gasteiger partial charge in [0.2, 0.25) is 11.8 Å². The summed E-state index contributed by atoms with van der Waals surface area (Å²) in [5.41, 5.74) is 1.93. The summed E-state index contributed by atoms with van der Waals surface area (Å²) >= 11 is 0. The molecule has 3 aromatic rings. The molecule has 1 aliphatic carbocycles. The molecule has 1 fully saturated rings. The molecule has 44 heavy (non-hydrogen) atoms. The van der Waals surface area contributed by atoms with E-state index < -0.39 is 34.3 Å². The lowest BCUT2D eigenvalue weighted by molar-refractivity contribution is -0.140. The smallest absolute Gasteiger partial charge is 0.264 e. The number of hydrogen-bond donors (Lipinski definition) is 1. The Balaban J connectivity index is 1.73. The van der Waals surface area contributed by atoms with Gasteiger partial charge in [-0.05, 0) is 68.1 Å². The highest BCUT2D eigenvalue weighted by molar-refractivity contribution is 7.92. The summed E-state index contributed by atoms with van der Waals surface area (Å²) in [5.74, 6) is -0.878. The second kappa shape index (κ2) is 14.6. The van der Waals surface area contributed by atoms with Crippen molar-refractivity contribution in [2.45, 2.75) is 69.5 Å². The van der Waals surface area contributed by atoms with Crippen LogP contribution in [0.4, 0.5) is 10.1 Å². The molecule has 1 atom stereocenters. The van der Waals surface area contributed by atoms with E-state index in [0.29, 0.717) is 12.2 Å². The Hall–Kier alpha value is -4.12. The minimum Gasteiger partial charge on any atom is -0.493 e. The quantitative estimate of drug-likeness (QED) is 0.280. The predicted molar refractivity (Wildman–Crippen MR) is 167 cm³/mol. The number of anilines is 1. The molecule has 2 amide bonds. The van der Waals surface area contributed by atoms with Crippen molar-refractivity contribution in [1.29, 1.82) is 0 Å². The van der Waals surface area contributed by atoms with E-state index in [1.165, 1.54) is 49.5 Å². The molecule has 0 radical (unpaired) electrons. The normalized spacial score (nSPS) is 14.1. The molecular weight excluding hydrogens is 585 g/mol. The third-order valence-electron chi connectivity index (χ3n) is 7.90. The zero-order chi connectivity index (χ0) is 31.9. The molecule has 0 spiro atoms. The molecule has 0 bridgehead atoms. The topological polar surface area (TPSA) is 105 Å². The van der Waals surface area contributed by atoms with Crippen LogP contribution in [0.2, 0.25) is 0 Å². The highest BCUT2D eigenvalue weighted by Gasteiger charge is 2.35. The van der Waals surface area contributed by atoms with Crippen molar-refractivity contribution < 1.29 is 31.9 Å². The number of nitrogens with zero attached hydrogens (tertiary/aromatic N) is 2. The van der Waals surface area contributed by atoms with E-state index in [0.717, 1.165) is 53.2 Å². The minimum absolute atomic E-state index is 0.0500. The molecule has 0 heterocycles. The first-order valence-corrected chi connectivity index (χ1v) is 16.2. The fourth-order valence-electron chi connectivity index (χ4n) is 5.42. The van der Waals surface area contributed by atoms with E-state index in [4.69, 9.17) is 9.47 Å². The van der Waals surface area contributed by atoms with Crippen LogP contribution in [-0.2, 0) is 26.2 Å². The zero-order valence-corrected chi connectivity index (χ0v) is 26.4. The van der Waals surface area contributed by atoms with E-state index in [1.807, 2.05) is 38.1 Å². The summed E-state index contributed by atoms with van der Waals surface area (Å²) in [4.78, 5) is 29.1. The molecule has 236 valence electrons. The van der Waals surface area contributed by atoms with E-state index in [2.05, 4.69) is 5.32 Å². The van der Waals surface area contributed by atoms with Gasteiger partial charge in [-0.25, -0.2) is 12.8 Å². The van der Waals surface area contributed by atoms with Crippen LogP contribution in [0, 0.1) is 12.7 Å². The van der Waals surface area contributed by atoms with Crippen LogP contribution < -0.4 is 19.1 Å². The third kappa shape index (κ3) is 7.68. The van der Waals surface area contributed by atoms with Gasteiger partial charge in [0.1, 0.15) is 18.4 Å². The Morgan fingerprint density at radius 2 is 1.59 bits per heavy atom. The van der Waals surface area contributed by atoms with Crippen LogP contribution in [0.5, 0.6) is 11.5 Å². The first kappa shape index (κ1) is 32.8. The van der Waals surface area contributed by atoms with Gasteiger partial charge in [0.15, 0.2) is 11.5 Å². The summed E-state index contributed by atoms with van der Waals surface area (Å²) in [5, 5.41) is 3.10. The number of rotatable bonds is 13. The molecule has 9 nitrogen and oxygen atoms in total. The number of nitrogens with one attached hydrogen (secondary N) is 1. The largest absolute Gasteiger partial charge is 0.493 e. The van der Waals surface area contributed by atoms with Crippen molar-refractivity contribution in [2.75, 3.05) is 25.1 Å². The maximum atomic E-state index is 14.2. The molecule has 1 aliphatic rings. The number of carbonyl (C=O) groups is 2. The number of aryl methyl sites for hydroxylation is 1. The van der Waals surface area contributed by atoms with Crippen LogP contribution in [0.3, 0.4) is 0 Å². The van der Waals surface area contributed by atoms with Gasteiger partial charge in [0, 0.05) is 18.7 Å². The van der Waals surface area contributed by atoms with Crippen molar-refractivity contribution in [2.24, 2.45) is 0 Å². The lowest BCUT2D eigenvalue weighted by Gasteiger charge is -2.34. The summed E-state index contributed by atoms with van der Waals surface area (Å²) in [6.07, 6.45) is 4.17. The minimum atomic E-state index is -4.38. The van der Waals surface area contributed by atoms with E-state index in [1.54, 1.807) is 0 Å². The highest BCUT2D eigenvalue weighted by Crippen LogP contribution is 2.32. The van der Waals surface area contributed by atoms with Gasteiger partial charge in [0.25, 0.3) is 10.0 Å². The van der Waals surface area contributed by atoms with Gasteiger partial charge in [0.05, 0.1) is 24.8 Å². The lowest BCUT2D eigenvalue weighted by Crippen LogP contribution is -2.53. The van der Waals surface area contributed by atoms with Gasteiger partial charge >= 0.3 is 0 Å². The number of ether oxygens (including phenoxy) is 2. The first-order valence-electron chi connectivity index (χ1n) is 14.7. The molecular formula is C33H40FN3O6S. The molecule has 0 saturated heterocycles. The standard InChI is InChI=1S/C33H40FN3O6S/c1-5-29(33(39)35-26-8-6-7-9-26)36(21-24-12-10-23(2)11-13-24)32(38)22-37(27-16-14-25(34)15-17-27)44(40,41)28-18-19-30(42-3)31(20-28)43-4/h10-20,26,29H,5-9,21-22H2,1-4H3,(H,35,39)/t29-/m0/s1. The van der Waals surface area contributed by atoms with E-state index in [-0.39, 0.29) is 34.8 Å². The molecule has 1 saturated carbocycles. The number of amides is 2. The Bertz CT molecular complexity index is 1540. The summed E-state index contributed by atoms with van der Waals surface area (Å²) in [6, 6.07) is 15.8. The van der Waals surface area contributed by atoms with Crippen molar-refractivity contribution in [3.8, 4) is 11.5 Å². The van der Waals surface area contributed by atoms with Crippen molar-refractivity contribution in [1.82, 2.24) is 10.2 Å². The summed E-state index contributed by atoms with van der Waals surface area (Å²) in [7, 11) is -1.55. The Morgan fingerprint density at radius 3 is 2.18 bits per heavy atom. The predicted octanol–water partition coefficient (Wildman–Crippen LogP) is 5.21. The average Bonchev–Trinajstić information content (AvgIpc) is 3.53.